The molecule has 0 bridgehead atoms. The maximum Gasteiger partial charge on any atom is 0.135 e. The average molecular weight is 881 g/mol. The van der Waals surface area contributed by atoms with Crippen molar-refractivity contribution in [2.75, 3.05) is 4.90 Å². The van der Waals surface area contributed by atoms with Gasteiger partial charge in [-0.25, -0.2) is 0 Å². The minimum atomic E-state index is 0.881. The number of benzene rings is 11. The van der Waals surface area contributed by atoms with Gasteiger partial charge < -0.3 is 13.9 Å². The van der Waals surface area contributed by atoms with Crippen molar-refractivity contribution in [3.8, 4) is 61.3 Å². The summed E-state index contributed by atoms with van der Waals surface area (Å²) in [6, 6.07) is 96.2. The average Bonchev–Trinajstić information content (AvgIpc) is 3.97. The van der Waals surface area contributed by atoms with Crippen LogP contribution in [0.2, 0.25) is 0 Å². The highest BCUT2D eigenvalue weighted by Crippen LogP contribution is 2.43. The summed E-state index contributed by atoms with van der Waals surface area (Å²) in [6.45, 7) is 0. The van der Waals surface area contributed by atoms with E-state index in [1.807, 2.05) is 12.1 Å². The second-order valence-corrected chi connectivity index (χ2v) is 17.7. The molecule has 0 spiro atoms. The highest BCUT2D eigenvalue weighted by Gasteiger charge is 2.19. The molecule has 0 amide bonds. The molecule has 0 aliphatic rings. The van der Waals surface area contributed by atoms with Gasteiger partial charge in [-0.3, -0.25) is 0 Å². The topological polar surface area (TPSA) is 21.3 Å². The largest absolute Gasteiger partial charge is 0.456 e. The maximum absolute atomic E-state index is 6.34. The van der Waals surface area contributed by atoms with Gasteiger partial charge in [-0.05, 0) is 141 Å². The number of fused-ring (bicyclic) bond motifs is 6. The van der Waals surface area contributed by atoms with Crippen LogP contribution >= 0.6 is 0 Å². The number of hydrogen-bond donors (Lipinski definition) is 0. The van der Waals surface area contributed by atoms with E-state index >= 15 is 0 Å². The number of para-hydroxylation sites is 3. The second-order valence-electron chi connectivity index (χ2n) is 17.7. The maximum atomic E-state index is 6.34. The monoisotopic (exact) mass is 880 g/mol. The molecule has 13 rings (SSSR count). The molecule has 0 aliphatic carbocycles. The number of furan rings is 1. The molecule has 0 fully saturated rings. The van der Waals surface area contributed by atoms with Crippen molar-refractivity contribution in [1.29, 1.82) is 0 Å². The van der Waals surface area contributed by atoms with Crippen LogP contribution in [0.3, 0.4) is 0 Å². The van der Waals surface area contributed by atoms with Crippen molar-refractivity contribution in [3.63, 3.8) is 0 Å². The predicted octanol–water partition coefficient (Wildman–Crippen LogP) is 18.5. The normalized spacial score (nSPS) is 11.5. The van der Waals surface area contributed by atoms with Crippen molar-refractivity contribution in [2.45, 2.75) is 0 Å². The van der Waals surface area contributed by atoms with Crippen LogP contribution in [0.15, 0.2) is 271 Å². The zero-order valence-corrected chi connectivity index (χ0v) is 37.7. The fourth-order valence-electron chi connectivity index (χ4n) is 10.2. The molecule has 11 aromatic carbocycles. The Hall–Kier alpha value is -9.18. The number of anilines is 3. The SMILES string of the molecule is c1ccc(-c2ccc(N(c3ccccc3)c3cccc(-c4ccc(-c5ccc6c7ccccc7n(-c7ccc(-c8ccccc8)cc7)c6c5)cc4-c4ccc5oc6ccccc6c5c4)c3)cc2)cc1. The van der Waals surface area contributed by atoms with Gasteiger partial charge in [0, 0.05) is 44.3 Å². The first-order chi connectivity index (χ1) is 34.2. The Morgan fingerprint density at radius 2 is 0.768 bits per heavy atom. The lowest BCUT2D eigenvalue weighted by Crippen LogP contribution is -2.09. The summed E-state index contributed by atoms with van der Waals surface area (Å²) < 4.78 is 8.76. The molecule has 0 saturated carbocycles. The van der Waals surface area contributed by atoms with Crippen LogP contribution in [0.1, 0.15) is 0 Å². The molecule has 0 N–H and O–H groups in total. The van der Waals surface area contributed by atoms with Crippen LogP contribution < -0.4 is 4.90 Å². The van der Waals surface area contributed by atoms with Crippen molar-refractivity contribution in [2.24, 2.45) is 0 Å². The first kappa shape index (κ1) is 40.1. The summed E-state index contributed by atoms with van der Waals surface area (Å²) in [6.07, 6.45) is 0. The minimum Gasteiger partial charge on any atom is -0.456 e. The van der Waals surface area contributed by atoms with Gasteiger partial charge in [0.2, 0.25) is 0 Å². The van der Waals surface area contributed by atoms with E-state index in [0.717, 1.165) is 78.1 Å². The first-order valence-electron chi connectivity index (χ1n) is 23.6. The number of nitrogens with zero attached hydrogens (tertiary/aromatic N) is 2. The van der Waals surface area contributed by atoms with E-state index < -0.39 is 0 Å². The van der Waals surface area contributed by atoms with Gasteiger partial charge in [-0.1, -0.05) is 182 Å². The van der Waals surface area contributed by atoms with Gasteiger partial charge in [0.05, 0.1) is 11.0 Å². The highest BCUT2D eigenvalue weighted by atomic mass is 16.3. The van der Waals surface area contributed by atoms with Crippen molar-refractivity contribution >= 4 is 60.8 Å². The summed E-state index contributed by atoms with van der Waals surface area (Å²) in [4.78, 5) is 2.35. The smallest absolute Gasteiger partial charge is 0.135 e. The van der Waals surface area contributed by atoms with Gasteiger partial charge in [0.25, 0.3) is 0 Å². The van der Waals surface area contributed by atoms with Crippen molar-refractivity contribution in [3.05, 3.63) is 267 Å². The molecular weight excluding hydrogens is 837 g/mol. The summed E-state index contributed by atoms with van der Waals surface area (Å²) in [5, 5.41) is 4.68. The highest BCUT2D eigenvalue weighted by molar-refractivity contribution is 6.11. The molecule has 0 aliphatic heterocycles. The summed E-state index contributed by atoms with van der Waals surface area (Å²) in [5.41, 5.74) is 20.2. The van der Waals surface area contributed by atoms with E-state index in [1.165, 1.54) is 44.1 Å². The molecule has 13 aromatic rings. The quantitative estimate of drug-likeness (QED) is 0.144. The molecule has 3 nitrogen and oxygen atoms in total. The molecule has 324 valence electrons. The number of rotatable bonds is 9. The lowest BCUT2D eigenvalue weighted by molar-refractivity contribution is 0.669. The fourth-order valence-corrected chi connectivity index (χ4v) is 10.2. The standard InChI is InChI=1S/C66H44N2O/c1-4-15-45(16-5-1)47-27-34-54(35-28-47)67(53-20-8-3-9-21-53)56-22-14-19-51(41-56)57-38-31-49(42-61(57)52-33-40-66-62(43-52)60-24-11-13-26-65(60)69-66)50-32-39-59-58-23-10-12-25-63(58)68(64(59)44-50)55-36-29-48(30-37-55)46-17-6-2-7-18-46/h1-44H. The third kappa shape index (κ3) is 7.25. The zero-order chi connectivity index (χ0) is 45.7. The van der Waals surface area contributed by atoms with E-state index in [-0.39, 0.29) is 0 Å². The van der Waals surface area contributed by atoms with E-state index in [1.54, 1.807) is 0 Å². The lowest BCUT2D eigenvalue weighted by atomic mass is 9.90. The van der Waals surface area contributed by atoms with Crippen LogP contribution in [0, 0.1) is 0 Å². The van der Waals surface area contributed by atoms with Crippen LogP contribution in [-0.4, -0.2) is 4.57 Å². The van der Waals surface area contributed by atoms with Gasteiger partial charge in [-0.2, -0.15) is 0 Å². The Kier molecular flexibility index (Phi) is 9.84. The molecule has 2 heterocycles. The molecule has 0 unspecified atom stereocenters. The van der Waals surface area contributed by atoms with Crippen molar-refractivity contribution < 1.29 is 4.42 Å². The van der Waals surface area contributed by atoms with Gasteiger partial charge in [0.15, 0.2) is 0 Å². The lowest BCUT2D eigenvalue weighted by Gasteiger charge is -2.26. The van der Waals surface area contributed by atoms with Gasteiger partial charge in [0.1, 0.15) is 11.2 Å². The van der Waals surface area contributed by atoms with E-state index in [9.17, 15) is 0 Å². The van der Waals surface area contributed by atoms with E-state index in [0.29, 0.717) is 0 Å². The van der Waals surface area contributed by atoms with Crippen LogP contribution in [0.25, 0.3) is 105 Å². The molecule has 0 radical (unpaired) electrons. The van der Waals surface area contributed by atoms with Crippen LogP contribution in [0.5, 0.6) is 0 Å². The molecular formula is C66H44N2O. The van der Waals surface area contributed by atoms with Crippen LogP contribution in [-0.2, 0) is 0 Å². The molecule has 2 aromatic heterocycles. The third-order valence-electron chi connectivity index (χ3n) is 13.6. The summed E-state index contributed by atoms with van der Waals surface area (Å²) >= 11 is 0. The Morgan fingerprint density at radius 1 is 0.261 bits per heavy atom. The number of hydrogen-bond acceptors (Lipinski definition) is 2. The Bertz CT molecular complexity index is 3980. The molecule has 0 saturated heterocycles. The van der Waals surface area contributed by atoms with E-state index in [2.05, 4.69) is 264 Å². The summed E-state index contributed by atoms with van der Waals surface area (Å²) in [5.74, 6) is 0. The molecule has 69 heavy (non-hydrogen) atoms. The minimum absolute atomic E-state index is 0.881. The van der Waals surface area contributed by atoms with E-state index in [4.69, 9.17) is 4.42 Å². The Labute approximate surface area is 401 Å². The second kappa shape index (κ2) is 16.9. The molecule has 3 heteroatoms. The van der Waals surface area contributed by atoms with Gasteiger partial charge in [-0.15, -0.1) is 0 Å². The Morgan fingerprint density at radius 3 is 1.52 bits per heavy atom. The zero-order valence-electron chi connectivity index (χ0n) is 37.7. The van der Waals surface area contributed by atoms with Crippen LogP contribution in [0.4, 0.5) is 17.1 Å². The fraction of sp³-hybridized carbons (Fsp3) is 0. The molecule has 0 atom stereocenters. The first-order valence-corrected chi connectivity index (χ1v) is 23.6. The number of aromatic nitrogens is 1. The van der Waals surface area contributed by atoms with Crippen molar-refractivity contribution in [1.82, 2.24) is 4.57 Å². The Balaban J connectivity index is 0.960. The predicted molar refractivity (Wildman–Crippen MR) is 290 cm³/mol. The third-order valence-corrected chi connectivity index (χ3v) is 13.6. The summed E-state index contributed by atoms with van der Waals surface area (Å²) in [7, 11) is 0. The van der Waals surface area contributed by atoms with Gasteiger partial charge >= 0.3 is 0 Å².